The summed E-state index contributed by atoms with van der Waals surface area (Å²) in [4.78, 5) is 13.5. The minimum atomic E-state index is -0.143. The fourth-order valence-corrected chi connectivity index (χ4v) is 4.72. The Bertz CT molecular complexity index is 1250. The van der Waals surface area contributed by atoms with Gasteiger partial charge in [-0.3, -0.25) is 4.79 Å². The molecule has 1 aromatic heterocycles. The van der Waals surface area contributed by atoms with E-state index in [1.54, 1.807) is 6.07 Å². The Morgan fingerprint density at radius 2 is 1.46 bits per heavy atom. The van der Waals surface area contributed by atoms with Gasteiger partial charge in [-0.2, -0.15) is 0 Å². The number of carbonyl (C=O) groups is 1. The number of benzene rings is 3. The first-order valence-corrected chi connectivity index (χ1v) is 12.7. The topological polar surface area (TPSA) is 34.0 Å². The maximum absolute atomic E-state index is 13.5. The van der Waals surface area contributed by atoms with Crippen molar-refractivity contribution in [3.05, 3.63) is 129 Å². The van der Waals surface area contributed by atoms with Crippen LogP contribution in [0.2, 0.25) is 15.1 Å². The van der Waals surface area contributed by atoms with Gasteiger partial charge in [-0.05, 0) is 85.0 Å². The Labute approximate surface area is 221 Å². The summed E-state index contributed by atoms with van der Waals surface area (Å²) in [6.07, 6.45) is 5.51. The zero-order valence-electron chi connectivity index (χ0n) is 19.4. The van der Waals surface area contributed by atoms with Gasteiger partial charge in [-0.1, -0.05) is 65.1 Å². The lowest BCUT2D eigenvalue weighted by Gasteiger charge is -2.26. The predicted molar refractivity (Wildman–Crippen MR) is 146 cm³/mol. The van der Waals surface area contributed by atoms with Gasteiger partial charge >= 0.3 is 0 Å². The van der Waals surface area contributed by atoms with Crippen LogP contribution in [0, 0.1) is 0 Å². The zero-order chi connectivity index (χ0) is 24.8. The Kier molecular flexibility index (Phi) is 8.56. The molecule has 1 heterocycles. The lowest BCUT2D eigenvalue weighted by atomic mass is 9.86. The smallest absolute Gasteiger partial charge is 0.251 e. The first-order valence-electron chi connectivity index (χ1n) is 11.6. The molecule has 0 bridgehead atoms. The van der Waals surface area contributed by atoms with Gasteiger partial charge in [0.05, 0.1) is 0 Å². The number of halogens is 3. The molecular weight excluding hydrogens is 499 g/mol. The highest BCUT2D eigenvalue weighted by molar-refractivity contribution is 6.31. The third kappa shape index (κ3) is 6.91. The van der Waals surface area contributed by atoms with Gasteiger partial charge in [-0.25, -0.2) is 0 Å². The van der Waals surface area contributed by atoms with Crippen LogP contribution in [0.3, 0.4) is 0 Å². The normalized spacial score (nSPS) is 12.8. The number of rotatable bonds is 9. The Morgan fingerprint density at radius 1 is 0.857 bits per heavy atom. The van der Waals surface area contributed by atoms with E-state index in [0.717, 1.165) is 36.1 Å². The fraction of sp³-hybridized carbons (Fsp3) is 0.207. The molecule has 6 heteroatoms. The summed E-state index contributed by atoms with van der Waals surface area (Å²) in [5, 5.41) is 5.17. The summed E-state index contributed by atoms with van der Waals surface area (Å²) in [5.41, 5.74) is 3.83. The van der Waals surface area contributed by atoms with E-state index >= 15 is 0 Å². The summed E-state index contributed by atoms with van der Waals surface area (Å²) < 4.78 is 2.10. The highest BCUT2D eigenvalue weighted by Crippen LogP contribution is 2.27. The molecule has 0 saturated carbocycles. The highest BCUT2D eigenvalue weighted by Gasteiger charge is 2.23. The molecule has 0 unspecified atom stereocenters. The number of amides is 1. The van der Waals surface area contributed by atoms with Crippen LogP contribution in [-0.4, -0.2) is 16.5 Å². The van der Waals surface area contributed by atoms with Crippen LogP contribution in [-0.2, 0) is 19.4 Å². The maximum atomic E-state index is 13.5. The molecule has 0 radical (unpaired) electrons. The lowest BCUT2D eigenvalue weighted by Crippen LogP contribution is -2.38. The van der Waals surface area contributed by atoms with E-state index in [2.05, 4.69) is 9.88 Å². The first kappa shape index (κ1) is 25.4. The van der Waals surface area contributed by atoms with Gasteiger partial charge in [0.1, 0.15) is 0 Å². The standard InChI is InChI=1S/C29H27Cl3N2O/c1-20(27(22-6-11-25(31)12-7-22)18-21-4-9-24(30)10-5-21)33-29(35)28-19-26(32)13-8-23(28)14-17-34-15-2-3-16-34/h2-13,15-16,19-20,27H,14,17-18H2,1H3,(H,33,35)/t20-,27+/m1/s1. The molecule has 1 amide bonds. The summed E-state index contributed by atoms with van der Waals surface area (Å²) in [7, 11) is 0. The van der Waals surface area contributed by atoms with Crippen LogP contribution in [0.4, 0.5) is 0 Å². The van der Waals surface area contributed by atoms with E-state index < -0.39 is 0 Å². The number of carbonyl (C=O) groups excluding carboxylic acids is 1. The average molecular weight is 526 g/mol. The molecule has 3 nitrogen and oxygen atoms in total. The van der Waals surface area contributed by atoms with Gasteiger partial charge in [0.2, 0.25) is 0 Å². The Morgan fingerprint density at radius 3 is 2.11 bits per heavy atom. The van der Waals surface area contributed by atoms with Crippen molar-refractivity contribution in [3.8, 4) is 0 Å². The average Bonchev–Trinajstić information content (AvgIpc) is 3.37. The third-order valence-electron chi connectivity index (χ3n) is 6.25. The van der Waals surface area contributed by atoms with Crippen molar-refractivity contribution in [2.75, 3.05) is 0 Å². The molecule has 0 fully saturated rings. The van der Waals surface area contributed by atoms with E-state index in [-0.39, 0.29) is 17.9 Å². The van der Waals surface area contributed by atoms with Gasteiger partial charge < -0.3 is 9.88 Å². The van der Waals surface area contributed by atoms with E-state index in [1.807, 2.05) is 92.1 Å². The van der Waals surface area contributed by atoms with Gasteiger partial charge in [0.25, 0.3) is 5.91 Å². The number of nitrogens with one attached hydrogen (secondary N) is 1. The van der Waals surface area contributed by atoms with Crippen molar-refractivity contribution in [2.24, 2.45) is 0 Å². The van der Waals surface area contributed by atoms with E-state index in [0.29, 0.717) is 20.6 Å². The number of nitrogens with zero attached hydrogens (tertiary/aromatic N) is 1. The van der Waals surface area contributed by atoms with E-state index in [9.17, 15) is 4.79 Å². The SMILES string of the molecule is C[C@@H](NC(=O)c1cc(Cl)ccc1CCn1cccc1)[C@H](Cc1ccc(Cl)cc1)c1ccc(Cl)cc1. The summed E-state index contributed by atoms with van der Waals surface area (Å²) in [6, 6.07) is 25.0. The quantitative estimate of drug-likeness (QED) is 0.237. The molecule has 180 valence electrons. The molecule has 0 aliphatic carbocycles. The third-order valence-corrected chi connectivity index (χ3v) is 6.99. The second-order valence-electron chi connectivity index (χ2n) is 8.72. The molecule has 35 heavy (non-hydrogen) atoms. The van der Waals surface area contributed by atoms with Crippen molar-refractivity contribution in [1.82, 2.24) is 9.88 Å². The summed E-state index contributed by atoms with van der Waals surface area (Å²) in [6.45, 7) is 2.82. The highest BCUT2D eigenvalue weighted by atomic mass is 35.5. The molecule has 4 aromatic rings. The van der Waals surface area contributed by atoms with E-state index in [1.165, 1.54) is 0 Å². The van der Waals surface area contributed by atoms with Crippen LogP contribution < -0.4 is 5.32 Å². The van der Waals surface area contributed by atoms with Crippen molar-refractivity contribution in [1.29, 1.82) is 0 Å². The van der Waals surface area contributed by atoms with Crippen molar-refractivity contribution < 1.29 is 4.79 Å². The molecule has 4 rings (SSSR count). The predicted octanol–water partition coefficient (Wildman–Crippen LogP) is 7.84. The van der Waals surface area contributed by atoms with Gasteiger partial charge in [-0.15, -0.1) is 0 Å². The second-order valence-corrected chi connectivity index (χ2v) is 10.0. The van der Waals surface area contributed by atoms with Crippen LogP contribution in [0.1, 0.15) is 39.9 Å². The molecule has 0 aliphatic rings. The largest absolute Gasteiger partial charge is 0.354 e. The van der Waals surface area contributed by atoms with Gasteiger partial charge in [0, 0.05) is 51.5 Å². The monoisotopic (exact) mass is 524 g/mol. The second kappa shape index (κ2) is 11.8. The molecule has 3 aromatic carbocycles. The number of hydrogen-bond donors (Lipinski definition) is 1. The number of hydrogen-bond acceptors (Lipinski definition) is 1. The molecule has 0 aliphatic heterocycles. The minimum Gasteiger partial charge on any atom is -0.354 e. The maximum Gasteiger partial charge on any atom is 0.251 e. The Balaban J connectivity index is 1.55. The van der Waals surface area contributed by atoms with Gasteiger partial charge in [0.15, 0.2) is 0 Å². The zero-order valence-corrected chi connectivity index (χ0v) is 21.7. The summed E-state index contributed by atoms with van der Waals surface area (Å²) >= 11 is 18.5. The van der Waals surface area contributed by atoms with Crippen LogP contribution in [0.15, 0.2) is 91.3 Å². The molecule has 0 spiro atoms. The number of aryl methyl sites for hydroxylation is 2. The first-order chi connectivity index (χ1) is 16.9. The Hall–Kier alpha value is -2.72. The number of aromatic nitrogens is 1. The van der Waals surface area contributed by atoms with E-state index in [4.69, 9.17) is 34.8 Å². The minimum absolute atomic E-state index is 0.0416. The fourth-order valence-electron chi connectivity index (χ4n) is 4.30. The molecule has 2 atom stereocenters. The van der Waals surface area contributed by atoms with Crippen LogP contribution >= 0.6 is 34.8 Å². The molecule has 1 N–H and O–H groups in total. The van der Waals surface area contributed by atoms with Crippen molar-refractivity contribution in [2.45, 2.75) is 38.3 Å². The molecular formula is C29H27Cl3N2O. The van der Waals surface area contributed by atoms with Crippen LogP contribution in [0.5, 0.6) is 0 Å². The lowest BCUT2D eigenvalue weighted by molar-refractivity contribution is 0.0933. The van der Waals surface area contributed by atoms with Crippen molar-refractivity contribution in [3.63, 3.8) is 0 Å². The van der Waals surface area contributed by atoms with Crippen LogP contribution in [0.25, 0.3) is 0 Å². The summed E-state index contributed by atoms with van der Waals surface area (Å²) in [5.74, 6) is -0.0857. The van der Waals surface area contributed by atoms with Crippen molar-refractivity contribution >= 4 is 40.7 Å². The molecule has 0 saturated heterocycles.